The molecule has 160 valence electrons. The molecule has 0 spiro atoms. The van der Waals surface area contributed by atoms with Crippen LogP contribution in [-0.4, -0.2) is 25.3 Å². The number of alkyl halides is 3. The summed E-state index contributed by atoms with van der Waals surface area (Å²) >= 11 is 3.37. The van der Waals surface area contributed by atoms with Crippen LogP contribution in [0.25, 0.3) is 11.3 Å². The summed E-state index contributed by atoms with van der Waals surface area (Å²) in [6.45, 7) is 1.55. The molecule has 0 aliphatic heterocycles. The van der Waals surface area contributed by atoms with Gasteiger partial charge >= 0.3 is 6.18 Å². The summed E-state index contributed by atoms with van der Waals surface area (Å²) in [7, 11) is 0. The molecule has 0 saturated carbocycles. The van der Waals surface area contributed by atoms with E-state index in [4.69, 9.17) is 4.52 Å². The van der Waals surface area contributed by atoms with Crippen molar-refractivity contribution < 1.29 is 22.8 Å². The second kappa shape index (κ2) is 8.27. The molecule has 0 aliphatic carbocycles. The first-order chi connectivity index (χ1) is 14.7. The molecular weight excluding hydrogens is 477 g/mol. The Hall–Kier alpha value is -2.98. The summed E-state index contributed by atoms with van der Waals surface area (Å²) in [6, 6.07) is 12.6. The first kappa shape index (κ1) is 21.3. The fraction of sp³-hybridized carbons (Fsp3) is 0.190. The molecule has 0 radical (unpaired) electrons. The molecule has 10 heteroatoms. The second-order valence-corrected chi connectivity index (χ2v) is 7.83. The number of aromatic nitrogens is 4. The lowest BCUT2D eigenvalue weighted by molar-refractivity contribution is -0.138. The van der Waals surface area contributed by atoms with Gasteiger partial charge in [0, 0.05) is 10.0 Å². The van der Waals surface area contributed by atoms with Crippen molar-refractivity contribution in [2.75, 3.05) is 0 Å². The number of halogens is 4. The van der Waals surface area contributed by atoms with Crippen molar-refractivity contribution in [3.63, 3.8) is 0 Å². The van der Waals surface area contributed by atoms with E-state index in [1.165, 1.54) is 29.1 Å². The lowest BCUT2D eigenvalue weighted by Crippen LogP contribution is -2.12. The van der Waals surface area contributed by atoms with Gasteiger partial charge in [-0.1, -0.05) is 56.6 Å². The molecule has 2 aromatic carbocycles. The maximum absolute atomic E-state index is 13.2. The number of hydrogen-bond donors (Lipinski definition) is 1. The van der Waals surface area contributed by atoms with Crippen molar-refractivity contribution >= 4 is 15.9 Å². The number of rotatable bonds is 5. The van der Waals surface area contributed by atoms with Gasteiger partial charge in [-0.25, -0.2) is 4.68 Å². The Morgan fingerprint density at radius 1 is 1.13 bits per heavy atom. The minimum absolute atomic E-state index is 0.0534. The Kier molecular flexibility index (Phi) is 5.67. The van der Waals surface area contributed by atoms with E-state index in [0.29, 0.717) is 22.6 Å². The molecule has 0 bridgehead atoms. The number of nitrogens with zero attached hydrogens (tertiary/aromatic N) is 4. The van der Waals surface area contributed by atoms with Crippen molar-refractivity contribution in [1.29, 1.82) is 0 Å². The highest BCUT2D eigenvalue weighted by Gasteiger charge is 2.33. The van der Waals surface area contributed by atoms with Crippen LogP contribution in [0, 0.1) is 6.92 Å². The molecule has 1 N–H and O–H groups in total. The van der Waals surface area contributed by atoms with Crippen LogP contribution in [0.4, 0.5) is 13.2 Å². The lowest BCUT2D eigenvalue weighted by Gasteiger charge is -2.12. The molecule has 6 nitrogen and oxygen atoms in total. The third kappa shape index (κ3) is 4.40. The fourth-order valence-corrected chi connectivity index (χ4v) is 3.55. The van der Waals surface area contributed by atoms with E-state index in [-0.39, 0.29) is 17.8 Å². The molecule has 0 fully saturated rings. The van der Waals surface area contributed by atoms with Gasteiger partial charge in [-0.3, -0.25) is 0 Å². The van der Waals surface area contributed by atoms with Gasteiger partial charge in [0.2, 0.25) is 0 Å². The van der Waals surface area contributed by atoms with Gasteiger partial charge in [0.05, 0.1) is 29.6 Å². The summed E-state index contributed by atoms with van der Waals surface area (Å²) in [4.78, 5) is 0. The maximum Gasteiger partial charge on any atom is 0.416 e. The molecule has 0 saturated heterocycles. The SMILES string of the molecule is Cc1noc(-c2ccc(Br)cc2)c1C(O)c1cn(Cc2ccccc2C(F)(F)F)nn1. The van der Waals surface area contributed by atoms with Crippen molar-refractivity contribution in [1.82, 2.24) is 20.2 Å². The summed E-state index contributed by atoms with van der Waals surface area (Å²) < 4.78 is 47.3. The van der Waals surface area contributed by atoms with Gasteiger partial charge in [0.1, 0.15) is 11.8 Å². The monoisotopic (exact) mass is 492 g/mol. The van der Waals surface area contributed by atoms with Crippen LogP contribution in [0.3, 0.4) is 0 Å². The van der Waals surface area contributed by atoms with Gasteiger partial charge in [-0.2, -0.15) is 13.2 Å². The third-order valence-corrected chi connectivity index (χ3v) is 5.31. The lowest BCUT2D eigenvalue weighted by atomic mass is 10.0. The quantitative estimate of drug-likeness (QED) is 0.416. The van der Waals surface area contributed by atoms with E-state index in [0.717, 1.165) is 10.5 Å². The van der Waals surface area contributed by atoms with Crippen LogP contribution in [0.1, 0.15) is 34.2 Å². The van der Waals surface area contributed by atoms with Crippen LogP contribution < -0.4 is 0 Å². The summed E-state index contributed by atoms with van der Waals surface area (Å²) in [5, 5.41) is 22.7. The summed E-state index contributed by atoms with van der Waals surface area (Å²) in [5.41, 5.74) is 1.10. The topological polar surface area (TPSA) is 77.0 Å². The number of aryl methyl sites for hydroxylation is 1. The normalized spacial score (nSPS) is 12.8. The van der Waals surface area contributed by atoms with Crippen molar-refractivity contribution in [3.8, 4) is 11.3 Å². The number of hydrogen-bond acceptors (Lipinski definition) is 5. The zero-order chi connectivity index (χ0) is 22.2. The molecule has 2 aromatic heterocycles. The first-order valence-electron chi connectivity index (χ1n) is 9.19. The average Bonchev–Trinajstić information content (AvgIpc) is 3.34. The highest BCUT2D eigenvalue weighted by atomic mass is 79.9. The van der Waals surface area contributed by atoms with E-state index in [2.05, 4.69) is 31.4 Å². The van der Waals surface area contributed by atoms with Gasteiger partial charge in [0.25, 0.3) is 0 Å². The molecule has 1 unspecified atom stereocenters. The Labute approximate surface area is 183 Å². The van der Waals surface area contributed by atoms with Crippen molar-refractivity contribution in [2.45, 2.75) is 25.7 Å². The van der Waals surface area contributed by atoms with Gasteiger partial charge in [-0.15, -0.1) is 5.10 Å². The minimum Gasteiger partial charge on any atom is -0.382 e. The predicted molar refractivity (Wildman–Crippen MR) is 109 cm³/mol. The Bertz CT molecular complexity index is 1200. The summed E-state index contributed by atoms with van der Waals surface area (Å²) in [6.07, 6.45) is -4.27. The highest BCUT2D eigenvalue weighted by Crippen LogP contribution is 2.35. The van der Waals surface area contributed by atoms with E-state index in [1.807, 2.05) is 24.3 Å². The first-order valence-corrected chi connectivity index (χ1v) is 9.98. The molecular formula is C21H16BrF3N4O2. The van der Waals surface area contributed by atoms with Gasteiger partial charge in [-0.05, 0) is 30.7 Å². The van der Waals surface area contributed by atoms with Crippen LogP contribution in [0.5, 0.6) is 0 Å². The molecule has 0 aliphatic rings. The number of aliphatic hydroxyl groups is 1. The van der Waals surface area contributed by atoms with E-state index in [9.17, 15) is 18.3 Å². The standard InChI is InChI=1S/C21H16BrF3N4O2/c1-12-18(20(31-27-12)13-6-8-15(22)9-7-13)19(30)17-11-29(28-26-17)10-14-4-2-3-5-16(14)21(23,24)25/h2-9,11,19,30H,10H2,1H3. The van der Waals surface area contributed by atoms with Crippen molar-refractivity contribution in [2.24, 2.45) is 0 Å². The van der Waals surface area contributed by atoms with Gasteiger partial charge < -0.3 is 9.63 Å². The Morgan fingerprint density at radius 3 is 2.55 bits per heavy atom. The van der Waals surface area contributed by atoms with E-state index < -0.39 is 17.8 Å². The molecule has 0 amide bonds. The highest BCUT2D eigenvalue weighted by molar-refractivity contribution is 9.10. The van der Waals surface area contributed by atoms with Crippen LogP contribution >= 0.6 is 15.9 Å². The van der Waals surface area contributed by atoms with Crippen molar-refractivity contribution in [3.05, 3.63) is 87.3 Å². The molecule has 4 rings (SSSR count). The van der Waals surface area contributed by atoms with E-state index in [1.54, 1.807) is 6.92 Å². The molecule has 2 heterocycles. The predicted octanol–water partition coefficient (Wildman–Crippen LogP) is 5.15. The second-order valence-electron chi connectivity index (χ2n) is 6.92. The third-order valence-electron chi connectivity index (χ3n) is 4.78. The average molecular weight is 493 g/mol. The zero-order valence-corrected chi connectivity index (χ0v) is 17.7. The minimum atomic E-state index is -4.47. The smallest absolute Gasteiger partial charge is 0.382 e. The molecule has 4 aromatic rings. The van der Waals surface area contributed by atoms with E-state index >= 15 is 0 Å². The number of benzene rings is 2. The zero-order valence-electron chi connectivity index (χ0n) is 16.1. The van der Waals surface area contributed by atoms with Crippen LogP contribution in [-0.2, 0) is 12.7 Å². The maximum atomic E-state index is 13.2. The van der Waals surface area contributed by atoms with Crippen LogP contribution in [0.15, 0.2) is 63.7 Å². The Balaban J connectivity index is 1.63. The molecule has 31 heavy (non-hydrogen) atoms. The molecule has 1 atom stereocenters. The number of aliphatic hydroxyl groups excluding tert-OH is 1. The van der Waals surface area contributed by atoms with Crippen LogP contribution in [0.2, 0.25) is 0 Å². The Morgan fingerprint density at radius 2 is 1.84 bits per heavy atom. The van der Waals surface area contributed by atoms with Gasteiger partial charge in [0.15, 0.2) is 5.76 Å². The fourth-order valence-electron chi connectivity index (χ4n) is 3.28. The largest absolute Gasteiger partial charge is 0.416 e. The summed E-state index contributed by atoms with van der Waals surface area (Å²) in [5.74, 6) is 0.384.